The van der Waals surface area contributed by atoms with Gasteiger partial charge in [-0.1, -0.05) is 0 Å². The molecule has 1 aliphatic heterocycles. The van der Waals surface area contributed by atoms with Gasteiger partial charge in [0.15, 0.2) is 0 Å². The first-order valence-corrected chi connectivity index (χ1v) is 6.25. The maximum absolute atomic E-state index is 4.52. The molecule has 0 atom stereocenters. The predicted octanol–water partition coefficient (Wildman–Crippen LogP) is 1.37. The predicted molar refractivity (Wildman–Crippen MR) is 70.3 cm³/mol. The van der Waals surface area contributed by atoms with Gasteiger partial charge < -0.3 is 15.6 Å². The summed E-state index contributed by atoms with van der Waals surface area (Å²) >= 11 is 0. The molecule has 0 saturated carbocycles. The zero-order chi connectivity index (χ0) is 12.4. The Balaban J connectivity index is 1.84. The molecule has 1 aliphatic rings. The van der Waals surface area contributed by atoms with Gasteiger partial charge in [0.1, 0.15) is 11.6 Å². The summed E-state index contributed by atoms with van der Waals surface area (Å²) in [4.78, 5) is 12.1. The fraction of sp³-hybridized carbons (Fsp3) is 0.385. The van der Waals surface area contributed by atoms with Gasteiger partial charge in [-0.25, -0.2) is 9.97 Å². The lowest BCUT2D eigenvalue weighted by atomic mass is 10.1. The fourth-order valence-corrected chi connectivity index (χ4v) is 2.27. The van der Waals surface area contributed by atoms with Crippen LogP contribution in [-0.2, 0) is 19.5 Å². The molecular weight excluding hydrogens is 226 g/mol. The zero-order valence-electron chi connectivity index (χ0n) is 10.5. The Morgan fingerprint density at radius 1 is 1.39 bits per heavy atom. The molecule has 2 aromatic heterocycles. The Bertz CT molecular complexity index is 533. The third kappa shape index (κ3) is 2.22. The van der Waals surface area contributed by atoms with Crippen molar-refractivity contribution < 1.29 is 0 Å². The van der Waals surface area contributed by atoms with Crippen molar-refractivity contribution in [2.24, 2.45) is 0 Å². The number of anilines is 1. The van der Waals surface area contributed by atoms with Crippen LogP contribution in [0.25, 0.3) is 0 Å². The largest absolute Gasteiger partial charge is 0.367 e. The molecule has 3 heterocycles. The number of aromatic amines is 1. The molecule has 5 nitrogen and oxygen atoms in total. The van der Waals surface area contributed by atoms with Crippen molar-refractivity contribution in [3.63, 3.8) is 0 Å². The summed E-state index contributed by atoms with van der Waals surface area (Å²) in [6, 6.07) is 2.06. The molecule has 0 aromatic carbocycles. The Morgan fingerprint density at radius 3 is 3.17 bits per heavy atom. The molecule has 0 radical (unpaired) electrons. The smallest absolute Gasteiger partial charge is 0.134 e. The van der Waals surface area contributed by atoms with Crippen molar-refractivity contribution in [1.29, 1.82) is 0 Å². The monoisotopic (exact) mass is 243 g/mol. The van der Waals surface area contributed by atoms with Gasteiger partial charge in [0.25, 0.3) is 0 Å². The van der Waals surface area contributed by atoms with Gasteiger partial charge in [-0.05, 0) is 18.6 Å². The quantitative estimate of drug-likeness (QED) is 0.762. The minimum atomic E-state index is 0.784. The van der Waals surface area contributed by atoms with Crippen LogP contribution in [0.3, 0.4) is 0 Å². The minimum absolute atomic E-state index is 0.784. The van der Waals surface area contributed by atoms with E-state index >= 15 is 0 Å². The highest BCUT2D eigenvalue weighted by Crippen LogP contribution is 2.20. The Hall–Kier alpha value is -1.88. The second kappa shape index (κ2) is 4.78. The molecule has 94 valence electrons. The van der Waals surface area contributed by atoms with Crippen LogP contribution in [0.4, 0.5) is 5.82 Å². The van der Waals surface area contributed by atoms with E-state index in [1.165, 1.54) is 16.8 Å². The summed E-state index contributed by atoms with van der Waals surface area (Å²) in [5, 5.41) is 6.77. The van der Waals surface area contributed by atoms with E-state index in [1.807, 2.05) is 19.3 Å². The van der Waals surface area contributed by atoms with Crippen molar-refractivity contribution in [3.8, 4) is 0 Å². The first-order chi connectivity index (χ1) is 8.83. The summed E-state index contributed by atoms with van der Waals surface area (Å²) in [5.41, 5.74) is 3.61. The Morgan fingerprint density at radius 2 is 2.33 bits per heavy atom. The lowest BCUT2D eigenvalue weighted by Gasteiger charge is -2.20. The van der Waals surface area contributed by atoms with Gasteiger partial charge in [0.05, 0.1) is 5.69 Å². The van der Waals surface area contributed by atoms with Crippen LogP contribution >= 0.6 is 0 Å². The average Bonchev–Trinajstić information content (AvgIpc) is 2.89. The number of nitrogens with zero attached hydrogens (tertiary/aromatic N) is 2. The van der Waals surface area contributed by atoms with Gasteiger partial charge in [-0.3, -0.25) is 0 Å². The van der Waals surface area contributed by atoms with Gasteiger partial charge in [0.2, 0.25) is 0 Å². The molecule has 18 heavy (non-hydrogen) atoms. The molecule has 0 amide bonds. The molecule has 2 aromatic rings. The van der Waals surface area contributed by atoms with Crippen LogP contribution in [-0.4, -0.2) is 21.5 Å². The molecule has 0 aliphatic carbocycles. The van der Waals surface area contributed by atoms with Crippen molar-refractivity contribution in [2.75, 3.05) is 11.9 Å². The maximum atomic E-state index is 4.52. The van der Waals surface area contributed by atoms with E-state index in [0.29, 0.717) is 0 Å². The number of rotatable bonds is 3. The molecule has 3 rings (SSSR count). The number of nitrogens with one attached hydrogen (secondary N) is 3. The summed E-state index contributed by atoms with van der Waals surface area (Å²) in [6.45, 7) is 4.59. The highest BCUT2D eigenvalue weighted by molar-refractivity contribution is 5.48. The number of hydrogen-bond acceptors (Lipinski definition) is 4. The zero-order valence-corrected chi connectivity index (χ0v) is 10.5. The maximum Gasteiger partial charge on any atom is 0.134 e. The van der Waals surface area contributed by atoms with Gasteiger partial charge >= 0.3 is 0 Å². The molecule has 0 spiro atoms. The Kier molecular flexibility index (Phi) is 2.98. The lowest BCUT2D eigenvalue weighted by Crippen LogP contribution is -2.26. The third-order valence-corrected chi connectivity index (χ3v) is 3.17. The SMILES string of the molecule is Cc1nc2c(c(NCc3cc[nH]c3)n1)CNCC2. The van der Waals surface area contributed by atoms with Gasteiger partial charge in [-0.2, -0.15) is 0 Å². The first kappa shape index (κ1) is 11.2. The number of hydrogen-bond donors (Lipinski definition) is 3. The van der Waals surface area contributed by atoms with Crippen molar-refractivity contribution >= 4 is 5.82 Å². The Labute approximate surface area is 106 Å². The minimum Gasteiger partial charge on any atom is -0.367 e. The standard InChI is InChI=1S/C13H17N5/c1-9-17-12-3-5-15-8-11(12)13(18-9)16-7-10-2-4-14-6-10/h2,4,6,14-15H,3,5,7-8H2,1H3,(H,16,17,18). The lowest BCUT2D eigenvalue weighted by molar-refractivity contribution is 0.624. The average molecular weight is 243 g/mol. The highest BCUT2D eigenvalue weighted by atomic mass is 15.1. The number of fused-ring (bicyclic) bond motifs is 1. The van der Waals surface area contributed by atoms with E-state index in [2.05, 4.69) is 31.7 Å². The third-order valence-electron chi connectivity index (χ3n) is 3.17. The summed E-state index contributed by atoms with van der Waals surface area (Å²) in [6.07, 6.45) is 4.91. The number of aromatic nitrogens is 3. The van der Waals surface area contributed by atoms with Crippen LogP contribution in [0.2, 0.25) is 0 Å². The molecule has 0 unspecified atom stereocenters. The molecule has 0 saturated heterocycles. The van der Waals surface area contributed by atoms with Gasteiger partial charge in [-0.15, -0.1) is 0 Å². The van der Waals surface area contributed by atoms with Crippen LogP contribution in [0.5, 0.6) is 0 Å². The second-order valence-electron chi connectivity index (χ2n) is 4.54. The summed E-state index contributed by atoms with van der Waals surface area (Å²) in [7, 11) is 0. The number of H-pyrrole nitrogens is 1. The van der Waals surface area contributed by atoms with Crippen LogP contribution in [0.15, 0.2) is 18.5 Å². The highest BCUT2D eigenvalue weighted by Gasteiger charge is 2.16. The number of aryl methyl sites for hydroxylation is 1. The van der Waals surface area contributed by atoms with Crippen LogP contribution in [0.1, 0.15) is 22.6 Å². The molecule has 0 fully saturated rings. The summed E-state index contributed by atoms with van der Waals surface area (Å²) in [5.74, 6) is 1.80. The molecule has 3 N–H and O–H groups in total. The van der Waals surface area contributed by atoms with Gasteiger partial charge in [0, 0.05) is 44.0 Å². The van der Waals surface area contributed by atoms with E-state index in [4.69, 9.17) is 0 Å². The normalized spacial score (nSPS) is 14.3. The topological polar surface area (TPSA) is 65.6 Å². The molecule has 0 bridgehead atoms. The van der Waals surface area contributed by atoms with E-state index in [1.54, 1.807) is 0 Å². The van der Waals surface area contributed by atoms with Crippen molar-refractivity contribution in [1.82, 2.24) is 20.3 Å². The van der Waals surface area contributed by atoms with E-state index in [9.17, 15) is 0 Å². The molecule has 5 heteroatoms. The van der Waals surface area contributed by atoms with Crippen molar-refractivity contribution in [2.45, 2.75) is 26.4 Å². The van der Waals surface area contributed by atoms with E-state index in [-0.39, 0.29) is 0 Å². The van der Waals surface area contributed by atoms with E-state index in [0.717, 1.165) is 37.7 Å². The fourth-order valence-electron chi connectivity index (χ4n) is 2.27. The first-order valence-electron chi connectivity index (χ1n) is 6.25. The van der Waals surface area contributed by atoms with Crippen LogP contribution in [0, 0.1) is 6.92 Å². The van der Waals surface area contributed by atoms with Crippen molar-refractivity contribution in [3.05, 3.63) is 41.1 Å². The summed E-state index contributed by atoms with van der Waals surface area (Å²) < 4.78 is 0. The van der Waals surface area contributed by atoms with Crippen LogP contribution < -0.4 is 10.6 Å². The van der Waals surface area contributed by atoms with E-state index < -0.39 is 0 Å². The molecular formula is C13H17N5. The second-order valence-corrected chi connectivity index (χ2v) is 4.54.